The van der Waals surface area contributed by atoms with E-state index < -0.39 is 0 Å². The summed E-state index contributed by atoms with van der Waals surface area (Å²) in [5.74, 6) is 0.597. The van der Waals surface area contributed by atoms with E-state index in [0.29, 0.717) is 30.7 Å². The number of hydrogen-bond acceptors (Lipinski definition) is 5. The summed E-state index contributed by atoms with van der Waals surface area (Å²) in [6, 6.07) is 16.5. The summed E-state index contributed by atoms with van der Waals surface area (Å²) in [7, 11) is 0. The lowest BCUT2D eigenvalue weighted by Crippen LogP contribution is -2.55. The molecule has 2 aromatic carbocycles. The second-order valence-electron chi connectivity index (χ2n) is 8.59. The minimum atomic E-state index is -0.103. The van der Waals surface area contributed by atoms with E-state index >= 15 is 0 Å². The number of likely N-dealkylation sites (tertiary alicyclic amines) is 1. The van der Waals surface area contributed by atoms with Crippen molar-refractivity contribution in [2.75, 3.05) is 44.8 Å². The van der Waals surface area contributed by atoms with Crippen molar-refractivity contribution in [2.24, 2.45) is 0 Å². The van der Waals surface area contributed by atoms with E-state index in [1.54, 1.807) is 0 Å². The van der Waals surface area contributed by atoms with E-state index in [0.717, 1.165) is 50.7 Å². The molecule has 1 N–H and O–H groups in total. The molecule has 7 heteroatoms. The van der Waals surface area contributed by atoms with Crippen molar-refractivity contribution < 1.29 is 14.3 Å². The Kier molecular flexibility index (Phi) is 8.03. The second kappa shape index (κ2) is 11.1. The largest absolute Gasteiger partial charge is 0.490 e. The van der Waals surface area contributed by atoms with Gasteiger partial charge in [-0.25, -0.2) is 0 Å². The van der Waals surface area contributed by atoms with Gasteiger partial charge in [0.1, 0.15) is 12.4 Å². The maximum Gasteiger partial charge on any atom is 0.221 e. The first-order chi connectivity index (χ1) is 15.6. The van der Waals surface area contributed by atoms with Crippen LogP contribution in [-0.2, 0) is 16.1 Å². The molecular formula is C25H32ClN3O3. The highest BCUT2D eigenvalue weighted by molar-refractivity contribution is 6.30. The van der Waals surface area contributed by atoms with Gasteiger partial charge in [0, 0.05) is 31.1 Å². The lowest BCUT2D eigenvalue weighted by Gasteiger charge is -2.44. The molecule has 1 amide bonds. The Balaban J connectivity index is 1.31. The highest BCUT2D eigenvalue weighted by Crippen LogP contribution is 2.26. The van der Waals surface area contributed by atoms with E-state index in [1.807, 2.05) is 36.4 Å². The van der Waals surface area contributed by atoms with Gasteiger partial charge in [0.25, 0.3) is 0 Å². The van der Waals surface area contributed by atoms with Gasteiger partial charge in [-0.1, -0.05) is 35.9 Å². The van der Waals surface area contributed by atoms with Gasteiger partial charge in [-0.2, -0.15) is 0 Å². The van der Waals surface area contributed by atoms with Crippen LogP contribution in [0.2, 0.25) is 5.02 Å². The molecule has 1 unspecified atom stereocenters. The molecule has 2 aromatic rings. The quantitative estimate of drug-likeness (QED) is 0.680. The number of halogens is 1. The number of morpholine rings is 1. The lowest BCUT2D eigenvalue weighted by atomic mass is 10.00. The van der Waals surface area contributed by atoms with E-state index in [-0.39, 0.29) is 11.9 Å². The van der Waals surface area contributed by atoms with Crippen molar-refractivity contribution in [3.05, 3.63) is 59.1 Å². The predicted octanol–water partition coefficient (Wildman–Crippen LogP) is 4.04. The molecule has 2 aliphatic rings. The average molecular weight is 458 g/mol. The zero-order valence-corrected chi connectivity index (χ0v) is 19.4. The number of carbonyl (C=O) groups is 1. The normalized spacial score (nSPS) is 20.8. The fourth-order valence-corrected chi connectivity index (χ4v) is 4.75. The van der Waals surface area contributed by atoms with E-state index in [1.165, 1.54) is 12.5 Å². The molecule has 2 aliphatic heterocycles. The van der Waals surface area contributed by atoms with Crippen LogP contribution in [0.4, 0.5) is 5.69 Å². The smallest absolute Gasteiger partial charge is 0.221 e. The number of nitrogens with zero attached hydrogens (tertiary/aromatic N) is 2. The van der Waals surface area contributed by atoms with Crippen LogP contribution in [-0.4, -0.2) is 67.2 Å². The van der Waals surface area contributed by atoms with Crippen LogP contribution in [0.15, 0.2) is 48.5 Å². The first-order valence-corrected chi connectivity index (χ1v) is 11.8. The van der Waals surface area contributed by atoms with Crippen LogP contribution in [0.25, 0.3) is 0 Å². The molecule has 0 aliphatic carbocycles. The van der Waals surface area contributed by atoms with Crippen LogP contribution in [0.1, 0.15) is 25.3 Å². The minimum absolute atomic E-state index is 0.103. The molecular weight excluding hydrogens is 426 g/mol. The third-order valence-electron chi connectivity index (χ3n) is 6.25. The Bertz CT molecular complexity index is 884. The number of anilines is 1. The number of benzene rings is 2. The lowest BCUT2D eigenvalue weighted by molar-refractivity contribution is -0.114. The third kappa shape index (κ3) is 6.23. The topological polar surface area (TPSA) is 54.0 Å². The van der Waals surface area contributed by atoms with Gasteiger partial charge in [-0.05, 0) is 55.8 Å². The van der Waals surface area contributed by atoms with E-state index in [4.69, 9.17) is 21.1 Å². The molecule has 0 saturated carbocycles. The van der Waals surface area contributed by atoms with Gasteiger partial charge in [-0.15, -0.1) is 0 Å². The summed E-state index contributed by atoms with van der Waals surface area (Å²) in [4.78, 5) is 16.6. The maximum absolute atomic E-state index is 11.5. The number of carbonyl (C=O) groups excluding carboxylic acids is 1. The number of hydrogen-bond donors (Lipinski definition) is 1. The third-order valence-corrected chi connectivity index (χ3v) is 6.50. The monoisotopic (exact) mass is 457 g/mol. The SMILES string of the molecule is CC(=O)Nc1ccccc1OCC1COCCN1C1CCN(Cc2ccc(Cl)cc2)CC1. The number of amides is 1. The molecule has 2 heterocycles. The molecule has 172 valence electrons. The highest BCUT2D eigenvalue weighted by atomic mass is 35.5. The summed E-state index contributed by atoms with van der Waals surface area (Å²) in [6.45, 7) is 7.57. The van der Waals surface area contributed by atoms with Gasteiger partial charge in [0.2, 0.25) is 5.91 Å². The van der Waals surface area contributed by atoms with E-state index in [2.05, 4.69) is 27.2 Å². The fraction of sp³-hybridized carbons (Fsp3) is 0.480. The van der Waals surface area contributed by atoms with Crippen LogP contribution in [0.3, 0.4) is 0 Å². The standard InChI is InChI=1S/C25H32ClN3O3/c1-19(30)27-24-4-2-3-5-25(24)32-18-23-17-31-15-14-29(23)22-10-12-28(13-11-22)16-20-6-8-21(26)9-7-20/h2-9,22-23H,10-18H2,1H3,(H,27,30). The van der Waals surface area contributed by atoms with E-state index in [9.17, 15) is 4.79 Å². The van der Waals surface area contributed by atoms with Crippen LogP contribution < -0.4 is 10.1 Å². The minimum Gasteiger partial charge on any atom is -0.490 e. The van der Waals surface area contributed by atoms with Crippen LogP contribution in [0.5, 0.6) is 5.75 Å². The summed E-state index contributed by atoms with van der Waals surface area (Å²) in [5, 5.41) is 3.63. The first kappa shape index (κ1) is 23.1. The Labute approximate surface area is 195 Å². The van der Waals surface area contributed by atoms with Gasteiger partial charge >= 0.3 is 0 Å². The van der Waals surface area contributed by atoms with Crippen molar-refractivity contribution in [1.29, 1.82) is 0 Å². The molecule has 2 fully saturated rings. The Hall–Kier alpha value is -2.12. The van der Waals surface area contributed by atoms with Crippen molar-refractivity contribution in [1.82, 2.24) is 9.80 Å². The summed E-state index contributed by atoms with van der Waals surface area (Å²) in [6.07, 6.45) is 2.29. The zero-order valence-electron chi connectivity index (χ0n) is 18.6. The second-order valence-corrected chi connectivity index (χ2v) is 9.03. The molecule has 0 radical (unpaired) electrons. The number of nitrogens with one attached hydrogen (secondary N) is 1. The Morgan fingerprint density at radius 1 is 1.12 bits per heavy atom. The van der Waals surface area contributed by atoms with Gasteiger partial charge in [-0.3, -0.25) is 14.6 Å². The average Bonchev–Trinajstić information content (AvgIpc) is 2.80. The number of rotatable bonds is 7. The number of ether oxygens (including phenoxy) is 2. The molecule has 4 rings (SSSR count). The van der Waals surface area contributed by atoms with Crippen molar-refractivity contribution in [3.63, 3.8) is 0 Å². The molecule has 2 saturated heterocycles. The molecule has 6 nitrogen and oxygen atoms in total. The molecule has 1 atom stereocenters. The first-order valence-electron chi connectivity index (χ1n) is 11.4. The molecule has 0 aromatic heterocycles. The number of para-hydroxylation sites is 2. The zero-order chi connectivity index (χ0) is 22.3. The van der Waals surface area contributed by atoms with Gasteiger partial charge in [0.05, 0.1) is 24.9 Å². The fourth-order valence-electron chi connectivity index (χ4n) is 4.62. The van der Waals surface area contributed by atoms with Crippen LogP contribution in [0, 0.1) is 0 Å². The van der Waals surface area contributed by atoms with Crippen LogP contribution >= 0.6 is 11.6 Å². The summed E-state index contributed by atoms with van der Waals surface area (Å²) < 4.78 is 11.9. The molecule has 32 heavy (non-hydrogen) atoms. The predicted molar refractivity (Wildman–Crippen MR) is 127 cm³/mol. The Morgan fingerprint density at radius 2 is 1.88 bits per heavy atom. The summed E-state index contributed by atoms with van der Waals surface area (Å²) >= 11 is 6.01. The van der Waals surface area contributed by atoms with Crippen molar-refractivity contribution >= 4 is 23.2 Å². The van der Waals surface area contributed by atoms with Crippen molar-refractivity contribution in [3.8, 4) is 5.75 Å². The summed E-state index contributed by atoms with van der Waals surface area (Å²) in [5.41, 5.74) is 2.02. The number of piperidine rings is 1. The molecule has 0 bridgehead atoms. The van der Waals surface area contributed by atoms with Gasteiger partial charge in [0.15, 0.2) is 0 Å². The molecule has 0 spiro atoms. The highest BCUT2D eigenvalue weighted by Gasteiger charge is 2.32. The Morgan fingerprint density at radius 3 is 2.62 bits per heavy atom. The van der Waals surface area contributed by atoms with Crippen molar-refractivity contribution in [2.45, 2.75) is 38.4 Å². The van der Waals surface area contributed by atoms with Gasteiger partial charge < -0.3 is 14.8 Å². The maximum atomic E-state index is 11.5.